The minimum atomic E-state index is 0.608. The maximum absolute atomic E-state index is 5.72. The summed E-state index contributed by atoms with van der Waals surface area (Å²) in [5.74, 6) is 2.61. The molecule has 1 aromatic rings. The molecule has 0 aliphatic rings. The SMILES string of the molecule is CC(C)CCSc1ccc(CCl)cc1. The first-order valence-electron chi connectivity index (χ1n) is 5.00. The first kappa shape index (κ1) is 11.9. The monoisotopic (exact) mass is 228 g/mol. The number of rotatable bonds is 5. The van der Waals surface area contributed by atoms with Gasteiger partial charge in [0.2, 0.25) is 0 Å². The average molecular weight is 229 g/mol. The Kier molecular flexibility index (Phi) is 5.42. The van der Waals surface area contributed by atoms with E-state index in [4.69, 9.17) is 11.6 Å². The van der Waals surface area contributed by atoms with Gasteiger partial charge in [-0.15, -0.1) is 23.4 Å². The molecule has 78 valence electrons. The van der Waals surface area contributed by atoms with E-state index in [1.807, 2.05) is 11.8 Å². The highest BCUT2D eigenvalue weighted by Gasteiger charge is 1.97. The highest BCUT2D eigenvalue weighted by Crippen LogP contribution is 2.21. The fourth-order valence-electron chi connectivity index (χ4n) is 1.09. The van der Waals surface area contributed by atoms with Crippen LogP contribution in [0.1, 0.15) is 25.8 Å². The molecule has 2 heteroatoms. The van der Waals surface area contributed by atoms with Crippen LogP contribution in [0.15, 0.2) is 29.2 Å². The number of halogens is 1. The van der Waals surface area contributed by atoms with Crippen molar-refractivity contribution < 1.29 is 0 Å². The Balaban J connectivity index is 2.36. The molecule has 0 aromatic heterocycles. The molecule has 0 unspecified atom stereocenters. The minimum Gasteiger partial charge on any atom is -0.126 e. The molecule has 0 nitrogen and oxygen atoms in total. The van der Waals surface area contributed by atoms with E-state index in [2.05, 4.69) is 38.1 Å². The van der Waals surface area contributed by atoms with Gasteiger partial charge in [-0.25, -0.2) is 0 Å². The highest BCUT2D eigenvalue weighted by molar-refractivity contribution is 7.99. The molecule has 0 saturated heterocycles. The zero-order valence-electron chi connectivity index (χ0n) is 8.79. The zero-order chi connectivity index (χ0) is 10.4. The molecule has 0 saturated carbocycles. The number of thioether (sulfide) groups is 1. The molecule has 0 heterocycles. The van der Waals surface area contributed by atoms with Gasteiger partial charge in [-0.3, -0.25) is 0 Å². The van der Waals surface area contributed by atoms with Crippen LogP contribution in [0.5, 0.6) is 0 Å². The van der Waals surface area contributed by atoms with Crippen LogP contribution < -0.4 is 0 Å². The lowest BCUT2D eigenvalue weighted by molar-refractivity contribution is 0.632. The fraction of sp³-hybridized carbons (Fsp3) is 0.500. The smallest absolute Gasteiger partial charge is 0.0474 e. The second kappa shape index (κ2) is 6.36. The van der Waals surface area contributed by atoms with Crippen LogP contribution in [0.4, 0.5) is 0 Å². The lowest BCUT2D eigenvalue weighted by atomic mass is 10.2. The van der Waals surface area contributed by atoms with E-state index in [1.165, 1.54) is 22.6 Å². The molecule has 0 bridgehead atoms. The lowest BCUT2D eigenvalue weighted by Gasteiger charge is -2.04. The van der Waals surface area contributed by atoms with E-state index >= 15 is 0 Å². The highest BCUT2D eigenvalue weighted by atomic mass is 35.5. The Bertz CT molecular complexity index is 254. The van der Waals surface area contributed by atoms with Gasteiger partial charge in [-0.05, 0) is 35.8 Å². The third kappa shape index (κ3) is 4.39. The summed E-state index contributed by atoms with van der Waals surface area (Å²) >= 11 is 7.64. The molecule has 0 N–H and O–H groups in total. The molecule has 1 rings (SSSR count). The van der Waals surface area contributed by atoms with Gasteiger partial charge in [-0.1, -0.05) is 26.0 Å². The molecule has 0 atom stereocenters. The predicted molar refractivity (Wildman–Crippen MR) is 66.2 cm³/mol. The van der Waals surface area contributed by atoms with Crippen molar-refractivity contribution in [1.29, 1.82) is 0 Å². The summed E-state index contributed by atoms with van der Waals surface area (Å²) in [4.78, 5) is 1.35. The number of hydrogen-bond acceptors (Lipinski definition) is 1. The quantitative estimate of drug-likeness (QED) is 0.526. The van der Waals surface area contributed by atoms with E-state index in [-0.39, 0.29) is 0 Å². The van der Waals surface area contributed by atoms with Gasteiger partial charge in [0.05, 0.1) is 0 Å². The Labute approximate surface area is 96.0 Å². The second-order valence-corrected chi connectivity index (χ2v) is 5.24. The van der Waals surface area contributed by atoms with Crippen molar-refractivity contribution in [3.05, 3.63) is 29.8 Å². The van der Waals surface area contributed by atoms with Gasteiger partial charge in [0.15, 0.2) is 0 Å². The van der Waals surface area contributed by atoms with E-state index < -0.39 is 0 Å². The summed E-state index contributed by atoms with van der Waals surface area (Å²) in [6, 6.07) is 8.51. The Morgan fingerprint density at radius 1 is 1.21 bits per heavy atom. The van der Waals surface area contributed by atoms with Crippen molar-refractivity contribution in [2.24, 2.45) is 5.92 Å². The molecule has 0 aliphatic heterocycles. The van der Waals surface area contributed by atoms with Crippen LogP contribution in [0.2, 0.25) is 0 Å². The van der Waals surface area contributed by atoms with Crippen LogP contribution in [-0.2, 0) is 5.88 Å². The summed E-state index contributed by atoms with van der Waals surface area (Å²) in [5, 5.41) is 0. The van der Waals surface area contributed by atoms with Crippen LogP contribution in [0.25, 0.3) is 0 Å². The molecular formula is C12H17ClS. The first-order valence-corrected chi connectivity index (χ1v) is 6.52. The van der Waals surface area contributed by atoms with Gasteiger partial charge < -0.3 is 0 Å². The molecule has 14 heavy (non-hydrogen) atoms. The minimum absolute atomic E-state index is 0.608. The number of alkyl halides is 1. The van der Waals surface area contributed by atoms with Gasteiger partial charge in [-0.2, -0.15) is 0 Å². The fourth-order valence-corrected chi connectivity index (χ4v) is 2.42. The topological polar surface area (TPSA) is 0 Å². The maximum Gasteiger partial charge on any atom is 0.0474 e. The normalized spacial score (nSPS) is 10.9. The lowest BCUT2D eigenvalue weighted by Crippen LogP contribution is -1.89. The summed E-state index contributed by atoms with van der Waals surface area (Å²) in [6.45, 7) is 4.52. The van der Waals surface area contributed by atoms with Crippen molar-refractivity contribution in [3.63, 3.8) is 0 Å². The summed E-state index contributed by atoms with van der Waals surface area (Å²) in [6.07, 6.45) is 1.28. The Hall–Kier alpha value is -0.140. The first-order chi connectivity index (χ1) is 6.72. The second-order valence-electron chi connectivity index (χ2n) is 3.81. The number of hydrogen-bond donors (Lipinski definition) is 0. The Morgan fingerprint density at radius 2 is 1.86 bits per heavy atom. The van der Waals surface area contributed by atoms with Crippen LogP contribution in [0, 0.1) is 5.92 Å². The number of benzene rings is 1. The average Bonchev–Trinajstić information content (AvgIpc) is 2.18. The van der Waals surface area contributed by atoms with E-state index in [0.29, 0.717) is 5.88 Å². The molecule has 0 spiro atoms. The van der Waals surface area contributed by atoms with Crippen LogP contribution in [-0.4, -0.2) is 5.75 Å². The molecule has 0 amide bonds. The molecular weight excluding hydrogens is 212 g/mol. The third-order valence-corrected chi connectivity index (χ3v) is 3.40. The molecule has 1 aromatic carbocycles. The van der Waals surface area contributed by atoms with Gasteiger partial charge in [0.25, 0.3) is 0 Å². The molecule has 0 radical (unpaired) electrons. The van der Waals surface area contributed by atoms with E-state index in [1.54, 1.807) is 0 Å². The van der Waals surface area contributed by atoms with Crippen molar-refractivity contribution >= 4 is 23.4 Å². The maximum atomic E-state index is 5.72. The van der Waals surface area contributed by atoms with Crippen molar-refractivity contribution in [3.8, 4) is 0 Å². The third-order valence-electron chi connectivity index (χ3n) is 2.04. The predicted octanol–water partition coefficient (Wildman–Crippen LogP) is 4.56. The van der Waals surface area contributed by atoms with E-state index in [0.717, 1.165) is 5.92 Å². The zero-order valence-corrected chi connectivity index (χ0v) is 10.4. The van der Waals surface area contributed by atoms with Crippen LogP contribution in [0.3, 0.4) is 0 Å². The van der Waals surface area contributed by atoms with Gasteiger partial charge in [0.1, 0.15) is 0 Å². The van der Waals surface area contributed by atoms with E-state index in [9.17, 15) is 0 Å². The summed E-state index contributed by atoms with van der Waals surface area (Å²) < 4.78 is 0. The summed E-state index contributed by atoms with van der Waals surface area (Å²) in [5.41, 5.74) is 1.19. The Morgan fingerprint density at radius 3 is 2.36 bits per heavy atom. The van der Waals surface area contributed by atoms with Crippen molar-refractivity contribution in [2.75, 3.05) is 5.75 Å². The van der Waals surface area contributed by atoms with Gasteiger partial charge >= 0.3 is 0 Å². The molecule has 0 fully saturated rings. The largest absolute Gasteiger partial charge is 0.126 e. The van der Waals surface area contributed by atoms with Crippen LogP contribution >= 0.6 is 23.4 Å². The summed E-state index contributed by atoms with van der Waals surface area (Å²) in [7, 11) is 0. The standard InChI is InChI=1S/C12H17ClS/c1-10(2)7-8-14-12-5-3-11(9-13)4-6-12/h3-6,10H,7-9H2,1-2H3. The molecule has 0 aliphatic carbocycles. The van der Waals surface area contributed by atoms with Gasteiger partial charge in [0, 0.05) is 10.8 Å². The van der Waals surface area contributed by atoms with Crippen molar-refractivity contribution in [2.45, 2.75) is 31.0 Å². The van der Waals surface area contributed by atoms with Crippen molar-refractivity contribution in [1.82, 2.24) is 0 Å².